The molecule has 0 spiro atoms. The van der Waals surface area contributed by atoms with Crippen LogP contribution in [0.15, 0.2) is 54.6 Å². The van der Waals surface area contributed by atoms with E-state index in [4.69, 9.17) is 4.74 Å². The number of amides is 1. The number of carboxylic acid groups (broad SMARTS) is 1. The lowest BCUT2D eigenvalue weighted by atomic mass is 9.69. The number of carbonyl (C=O) groups is 2. The highest BCUT2D eigenvalue weighted by Crippen LogP contribution is 2.44. The van der Waals surface area contributed by atoms with E-state index in [0.717, 1.165) is 11.8 Å². The summed E-state index contributed by atoms with van der Waals surface area (Å²) in [6.07, 6.45) is 3.17. The van der Waals surface area contributed by atoms with E-state index in [9.17, 15) is 28.4 Å². The van der Waals surface area contributed by atoms with Crippen LogP contribution in [0.3, 0.4) is 0 Å². The normalized spacial score (nSPS) is 18.9. The minimum Gasteiger partial charge on any atom is -0.465 e. The molecule has 9 nitrogen and oxygen atoms in total. The van der Waals surface area contributed by atoms with Gasteiger partial charge in [0.2, 0.25) is 10.0 Å². The number of unbranched alkanes of at least 4 members (excludes halogenated alkanes) is 1. The maximum absolute atomic E-state index is 13.9. The van der Waals surface area contributed by atoms with Crippen LogP contribution in [0.4, 0.5) is 4.79 Å². The third-order valence-electron chi connectivity index (χ3n) is 7.88. The Hall–Kier alpha value is -3.68. The highest BCUT2D eigenvalue weighted by Gasteiger charge is 2.47. The summed E-state index contributed by atoms with van der Waals surface area (Å²) < 4.78 is 32.8. The smallest absolute Gasteiger partial charge is 0.406 e. The van der Waals surface area contributed by atoms with Gasteiger partial charge >= 0.3 is 6.09 Å². The summed E-state index contributed by atoms with van der Waals surface area (Å²) in [4.78, 5) is 25.8. The van der Waals surface area contributed by atoms with Gasteiger partial charge in [0.05, 0.1) is 24.4 Å². The highest BCUT2D eigenvalue weighted by molar-refractivity contribution is 7.89. The molecule has 217 valence electrons. The Labute approximate surface area is 241 Å². The lowest BCUT2D eigenvalue weighted by Gasteiger charge is -2.44. The third kappa shape index (κ3) is 5.88. The van der Waals surface area contributed by atoms with Crippen LogP contribution in [0.1, 0.15) is 68.1 Å². The molecule has 1 radical (unpaired) electrons. The van der Waals surface area contributed by atoms with Crippen molar-refractivity contribution in [1.82, 2.24) is 9.29 Å². The number of nitrogens with zero attached hydrogens (tertiary/aromatic N) is 2. The number of benzene rings is 2. The van der Waals surface area contributed by atoms with Crippen LogP contribution in [0.2, 0.25) is 0 Å². The van der Waals surface area contributed by atoms with Gasteiger partial charge in [-0.1, -0.05) is 75.7 Å². The summed E-state index contributed by atoms with van der Waals surface area (Å²) in [6.45, 7) is 5.82. The molecule has 1 aliphatic rings. The molecule has 0 bridgehead atoms. The van der Waals surface area contributed by atoms with Crippen molar-refractivity contribution in [3.63, 3.8) is 0 Å². The van der Waals surface area contributed by atoms with E-state index < -0.39 is 32.7 Å². The van der Waals surface area contributed by atoms with Crippen molar-refractivity contribution in [3.05, 3.63) is 77.8 Å². The molecule has 41 heavy (non-hydrogen) atoms. The van der Waals surface area contributed by atoms with Gasteiger partial charge in [-0.3, -0.25) is 10.1 Å². The van der Waals surface area contributed by atoms with Gasteiger partial charge in [0, 0.05) is 28.5 Å². The largest absolute Gasteiger partial charge is 0.465 e. The number of hydrogen-bond acceptors (Lipinski definition) is 6. The Morgan fingerprint density at radius 3 is 2.44 bits per heavy atom. The van der Waals surface area contributed by atoms with Crippen LogP contribution in [0.5, 0.6) is 0 Å². The zero-order valence-corrected chi connectivity index (χ0v) is 24.6. The standard InChI is InChI=1S/C31H36N3O6S/c1-29(2,3)31(33-28(36)37,40-20-22-12-6-5-7-13-22)18-11-10-17-30(21-32)19-16-25-26(27(30)35)23-14-8-9-15-24(23)34(25)41(4,38)39/h5-9,12-15,18,33H,10-11,16-17,19-20H2,1-4H3,(H,36,37). The number of hydrogen-bond donors (Lipinski definition) is 2. The first-order chi connectivity index (χ1) is 19.2. The molecule has 2 unspecified atom stereocenters. The van der Waals surface area contributed by atoms with E-state index in [1.54, 1.807) is 30.7 Å². The molecule has 1 aliphatic carbocycles. The van der Waals surface area contributed by atoms with E-state index in [-0.39, 0.29) is 31.7 Å². The van der Waals surface area contributed by atoms with E-state index in [1.807, 2.05) is 51.1 Å². The van der Waals surface area contributed by atoms with Gasteiger partial charge in [-0.15, -0.1) is 0 Å². The Morgan fingerprint density at radius 2 is 1.83 bits per heavy atom. The molecular formula is C31H36N3O6S. The van der Waals surface area contributed by atoms with Crippen molar-refractivity contribution in [1.29, 1.82) is 5.26 Å². The van der Waals surface area contributed by atoms with E-state index in [2.05, 4.69) is 11.4 Å². The number of para-hydroxylation sites is 1. The first-order valence-electron chi connectivity index (χ1n) is 13.6. The fourth-order valence-corrected chi connectivity index (χ4v) is 6.80. The number of ether oxygens (including phenoxy) is 1. The van der Waals surface area contributed by atoms with Crippen LogP contribution in [-0.4, -0.2) is 41.4 Å². The molecule has 10 heteroatoms. The Bertz CT molecular complexity index is 1600. The summed E-state index contributed by atoms with van der Waals surface area (Å²) in [5.41, 5.74) is -1.27. The summed E-state index contributed by atoms with van der Waals surface area (Å²) in [7, 11) is -3.67. The summed E-state index contributed by atoms with van der Waals surface area (Å²) in [5, 5.41) is 23.0. The van der Waals surface area contributed by atoms with Gasteiger partial charge < -0.3 is 9.84 Å². The van der Waals surface area contributed by atoms with Crippen LogP contribution in [-0.2, 0) is 27.8 Å². The van der Waals surface area contributed by atoms with Crippen LogP contribution < -0.4 is 5.32 Å². The molecule has 1 heterocycles. The Kier molecular flexibility index (Phi) is 8.35. The fourth-order valence-electron chi connectivity index (χ4n) is 5.70. The van der Waals surface area contributed by atoms with Crippen molar-refractivity contribution in [2.24, 2.45) is 10.8 Å². The van der Waals surface area contributed by atoms with Crippen molar-refractivity contribution in [2.75, 3.05) is 6.26 Å². The first kappa shape index (κ1) is 30.3. The maximum Gasteiger partial charge on any atom is 0.406 e. The number of nitrogens with one attached hydrogen (secondary N) is 1. The molecule has 2 N–H and O–H groups in total. The first-order valence-corrected chi connectivity index (χ1v) is 15.4. The number of carbonyl (C=O) groups excluding carboxylic acids is 1. The molecule has 2 atom stereocenters. The molecule has 0 fully saturated rings. The maximum atomic E-state index is 13.9. The molecule has 0 aliphatic heterocycles. The van der Waals surface area contributed by atoms with E-state index in [0.29, 0.717) is 35.0 Å². The average Bonchev–Trinajstić information content (AvgIpc) is 3.26. The molecule has 3 aromatic rings. The van der Waals surface area contributed by atoms with Crippen LogP contribution >= 0.6 is 0 Å². The van der Waals surface area contributed by atoms with Gasteiger partial charge in [0.1, 0.15) is 5.41 Å². The quantitative estimate of drug-likeness (QED) is 0.233. The minimum atomic E-state index is -3.67. The van der Waals surface area contributed by atoms with Crippen molar-refractivity contribution in [2.45, 2.75) is 65.2 Å². The lowest BCUT2D eigenvalue weighted by molar-refractivity contribution is -0.121. The Morgan fingerprint density at radius 1 is 1.17 bits per heavy atom. The van der Waals surface area contributed by atoms with E-state index >= 15 is 0 Å². The van der Waals surface area contributed by atoms with Gasteiger partial charge in [0.15, 0.2) is 11.5 Å². The predicted molar refractivity (Wildman–Crippen MR) is 156 cm³/mol. The second kappa shape index (κ2) is 11.3. The van der Waals surface area contributed by atoms with Gasteiger partial charge in [-0.05, 0) is 37.3 Å². The van der Waals surface area contributed by atoms with Gasteiger partial charge in [0.25, 0.3) is 0 Å². The summed E-state index contributed by atoms with van der Waals surface area (Å²) >= 11 is 0. The summed E-state index contributed by atoms with van der Waals surface area (Å²) in [5.74, 6) is -0.370. The van der Waals surface area contributed by atoms with Crippen molar-refractivity contribution in [3.8, 4) is 6.07 Å². The minimum absolute atomic E-state index is 0.183. The van der Waals surface area contributed by atoms with Gasteiger partial charge in [-0.2, -0.15) is 5.26 Å². The molecule has 2 aromatic carbocycles. The molecule has 1 amide bonds. The molecule has 0 saturated heterocycles. The lowest BCUT2D eigenvalue weighted by Crippen LogP contribution is -2.59. The highest BCUT2D eigenvalue weighted by atomic mass is 32.2. The number of nitriles is 1. The monoisotopic (exact) mass is 578 g/mol. The molecule has 1 aromatic heterocycles. The Balaban J connectivity index is 1.56. The topological polar surface area (TPSA) is 138 Å². The fraction of sp³-hybridized carbons (Fsp3) is 0.419. The van der Waals surface area contributed by atoms with E-state index in [1.165, 1.54) is 3.97 Å². The molecular weight excluding hydrogens is 542 g/mol. The van der Waals surface area contributed by atoms with Crippen molar-refractivity contribution >= 4 is 32.8 Å². The zero-order chi connectivity index (χ0) is 30.1. The third-order valence-corrected chi connectivity index (χ3v) is 8.96. The number of rotatable bonds is 10. The molecule has 4 rings (SSSR count). The number of aromatic nitrogens is 1. The average molecular weight is 579 g/mol. The SMILES string of the molecule is CC(C)(C)C([CH]CCCC1(C#N)CCc2c(c3ccccc3n2S(C)(=O)=O)C1=O)(NC(=O)O)OCc1ccccc1. The molecule has 0 saturated carbocycles. The van der Waals surface area contributed by atoms with Crippen LogP contribution in [0.25, 0.3) is 10.9 Å². The number of Topliss-reactive ketones (excluding diaryl/α,β-unsaturated/α-hetero) is 1. The van der Waals surface area contributed by atoms with Crippen LogP contribution in [0, 0.1) is 28.6 Å². The number of ketones is 1. The van der Waals surface area contributed by atoms with Gasteiger partial charge in [-0.25, -0.2) is 17.2 Å². The predicted octanol–water partition coefficient (Wildman–Crippen LogP) is 5.69. The second-order valence-electron chi connectivity index (χ2n) is 11.7. The number of fused-ring (bicyclic) bond motifs is 3. The van der Waals surface area contributed by atoms with Crippen molar-refractivity contribution < 1.29 is 27.9 Å². The zero-order valence-electron chi connectivity index (χ0n) is 23.8. The summed E-state index contributed by atoms with van der Waals surface area (Å²) in [6, 6.07) is 18.6. The second-order valence-corrected chi connectivity index (χ2v) is 13.5.